The van der Waals surface area contributed by atoms with Crippen molar-refractivity contribution in [2.24, 2.45) is 33.5 Å². The van der Waals surface area contributed by atoms with E-state index in [0.29, 0.717) is 39.3 Å². The number of esters is 1. The van der Waals surface area contributed by atoms with Crippen molar-refractivity contribution in [1.82, 2.24) is 0 Å². The monoisotopic (exact) mass is 420 g/mol. The van der Waals surface area contributed by atoms with Gasteiger partial charge in [0.1, 0.15) is 12.6 Å². The average Bonchev–Trinajstić information content (AvgIpc) is 3.11. The molecule has 0 unspecified atom stereocenters. The van der Waals surface area contributed by atoms with Gasteiger partial charge >= 0.3 is 5.97 Å². The molecule has 4 saturated carbocycles. The van der Waals surface area contributed by atoms with Gasteiger partial charge in [-0.1, -0.05) is 41.5 Å². The molecular formula is C26H46NO3+. The van der Waals surface area contributed by atoms with Gasteiger partial charge in [0, 0.05) is 5.92 Å². The van der Waals surface area contributed by atoms with Crippen LogP contribution >= 0.6 is 0 Å². The Kier molecular flexibility index (Phi) is 5.22. The number of ether oxygens (including phenoxy) is 2. The lowest BCUT2D eigenvalue weighted by Gasteiger charge is -2.39. The summed E-state index contributed by atoms with van der Waals surface area (Å²) in [6.45, 7) is 16.4. The average molecular weight is 421 g/mol. The molecule has 0 radical (unpaired) electrons. The lowest BCUT2D eigenvalue weighted by atomic mass is 9.70. The molecule has 0 aliphatic heterocycles. The van der Waals surface area contributed by atoms with E-state index < -0.39 is 0 Å². The number of carbonyl (C=O) groups is 1. The number of quaternary nitrogens is 1. The van der Waals surface area contributed by atoms with E-state index in [1.807, 2.05) is 0 Å². The van der Waals surface area contributed by atoms with Crippen molar-refractivity contribution in [2.45, 2.75) is 92.3 Å². The maximum atomic E-state index is 12.8. The maximum absolute atomic E-state index is 12.8. The highest BCUT2D eigenvalue weighted by atomic mass is 16.5. The van der Waals surface area contributed by atoms with Crippen LogP contribution in [-0.4, -0.2) is 56.5 Å². The molecule has 30 heavy (non-hydrogen) atoms. The van der Waals surface area contributed by atoms with Gasteiger partial charge in [0.15, 0.2) is 6.54 Å². The van der Waals surface area contributed by atoms with Gasteiger partial charge in [-0.15, -0.1) is 0 Å². The van der Waals surface area contributed by atoms with E-state index in [0.717, 1.165) is 25.5 Å². The molecule has 4 rings (SSSR count). The summed E-state index contributed by atoms with van der Waals surface area (Å²) in [6, 6.07) is 0. The summed E-state index contributed by atoms with van der Waals surface area (Å²) in [5.74, 6) is 1.29. The third-order valence-corrected chi connectivity index (χ3v) is 11.2. The Balaban J connectivity index is 1.25. The number of hydrogen-bond acceptors (Lipinski definition) is 3. The van der Waals surface area contributed by atoms with Gasteiger partial charge in [0.2, 0.25) is 0 Å². The molecule has 4 bridgehead atoms. The van der Waals surface area contributed by atoms with Crippen LogP contribution in [-0.2, 0) is 14.3 Å². The van der Waals surface area contributed by atoms with Gasteiger partial charge in [-0.2, -0.15) is 0 Å². The lowest BCUT2D eigenvalue weighted by molar-refractivity contribution is -0.883. The quantitative estimate of drug-likeness (QED) is 0.427. The molecule has 4 heteroatoms. The molecule has 0 amide bonds. The number of likely N-dealkylation sites (N-methyl/N-ethyl adjacent to an activating group) is 1. The number of hydrogen-bond donors (Lipinski definition) is 0. The molecule has 0 aromatic heterocycles. The van der Waals surface area contributed by atoms with Crippen LogP contribution in [0.5, 0.6) is 0 Å². The van der Waals surface area contributed by atoms with Gasteiger partial charge in [0.05, 0.1) is 26.8 Å². The van der Waals surface area contributed by atoms with Crippen molar-refractivity contribution in [3.8, 4) is 0 Å². The normalized spacial score (nSPS) is 43.3. The molecule has 4 nitrogen and oxygen atoms in total. The van der Waals surface area contributed by atoms with E-state index in [9.17, 15) is 4.79 Å². The van der Waals surface area contributed by atoms with Crippen LogP contribution in [0.4, 0.5) is 0 Å². The van der Waals surface area contributed by atoms with Gasteiger partial charge in [-0.25, -0.2) is 4.79 Å². The van der Waals surface area contributed by atoms with E-state index in [2.05, 4.69) is 55.6 Å². The molecule has 0 heterocycles. The molecule has 0 N–H and O–H groups in total. The predicted octanol–water partition coefficient (Wildman–Crippen LogP) is 5.05. The van der Waals surface area contributed by atoms with E-state index in [4.69, 9.17) is 9.47 Å². The lowest BCUT2D eigenvalue weighted by Crippen LogP contribution is -2.48. The summed E-state index contributed by atoms with van der Waals surface area (Å²) in [5.41, 5.74) is 1.29. The predicted molar refractivity (Wildman–Crippen MR) is 120 cm³/mol. The topological polar surface area (TPSA) is 35.5 Å². The Labute approximate surface area is 184 Å². The zero-order valence-electron chi connectivity index (χ0n) is 20.8. The fourth-order valence-electron chi connectivity index (χ4n) is 7.79. The molecule has 4 fully saturated rings. The summed E-state index contributed by atoms with van der Waals surface area (Å²) in [4.78, 5) is 12.8. The van der Waals surface area contributed by atoms with Crippen molar-refractivity contribution in [1.29, 1.82) is 0 Å². The molecule has 4 aliphatic rings. The van der Waals surface area contributed by atoms with Crippen LogP contribution < -0.4 is 0 Å². The third-order valence-electron chi connectivity index (χ3n) is 11.2. The molecule has 6 atom stereocenters. The first kappa shape index (κ1) is 22.6. The second-order valence-corrected chi connectivity index (χ2v) is 13.4. The van der Waals surface area contributed by atoms with Gasteiger partial charge in [-0.05, 0) is 66.1 Å². The summed E-state index contributed by atoms with van der Waals surface area (Å²) in [5, 5.41) is 0. The minimum absolute atomic E-state index is 0.0371. The summed E-state index contributed by atoms with van der Waals surface area (Å²) >= 11 is 0. The van der Waals surface area contributed by atoms with Crippen molar-refractivity contribution in [3.05, 3.63) is 0 Å². The van der Waals surface area contributed by atoms with Crippen LogP contribution in [0.2, 0.25) is 0 Å². The fourth-order valence-corrected chi connectivity index (χ4v) is 7.79. The first-order valence-corrected chi connectivity index (χ1v) is 12.4. The van der Waals surface area contributed by atoms with Crippen molar-refractivity contribution >= 4 is 5.97 Å². The standard InChI is InChI=1S/C26H46NO3/c1-23(2)18-9-12-26(23,6)21(15-18)29-14-13-27(7,8)17-22(28)30-20-16-25(5)11-10-19(20)24(25,3)4/h18-21H,9-17H2,1-8H3/q+1/t18-,19+,20+,21+,25-,26+/m0/s1. The first-order valence-electron chi connectivity index (χ1n) is 12.4. The van der Waals surface area contributed by atoms with E-state index in [1.165, 1.54) is 32.1 Å². The van der Waals surface area contributed by atoms with Crippen LogP contribution in [0.15, 0.2) is 0 Å². The molecule has 172 valence electrons. The summed E-state index contributed by atoms with van der Waals surface area (Å²) in [6.07, 6.45) is 7.84. The highest BCUT2D eigenvalue weighted by Gasteiger charge is 2.63. The number of rotatable bonds is 7. The number of carbonyl (C=O) groups excluding carboxylic acids is 1. The largest absolute Gasteiger partial charge is 0.458 e. The smallest absolute Gasteiger partial charge is 0.362 e. The number of nitrogens with zero attached hydrogens (tertiary/aromatic N) is 1. The Morgan fingerprint density at radius 1 is 1.00 bits per heavy atom. The van der Waals surface area contributed by atoms with Crippen LogP contribution in [0, 0.1) is 33.5 Å². The van der Waals surface area contributed by atoms with Crippen molar-refractivity contribution < 1.29 is 18.8 Å². The SMILES string of the molecule is CC1(C)[C@@H]2CC[C@@]1(C)C[C@H]2OC(=O)C[N+](C)(C)CCO[C@@H]1C[C@@H]2CC[C@@]1(C)C2(C)C. The third kappa shape index (κ3) is 3.27. The van der Waals surface area contributed by atoms with Crippen LogP contribution in [0.25, 0.3) is 0 Å². The van der Waals surface area contributed by atoms with Gasteiger partial charge in [-0.3, -0.25) is 0 Å². The molecule has 0 spiro atoms. The van der Waals surface area contributed by atoms with E-state index in [-0.39, 0.29) is 17.5 Å². The highest BCUT2D eigenvalue weighted by Crippen LogP contribution is 2.67. The molecule has 4 aliphatic carbocycles. The molecule has 0 saturated heterocycles. The second kappa shape index (κ2) is 6.94. The minimum atomic E-state index is -0.0371. The minimum Gasteiger partial charge on any atom is -0.458 e. The zero-order chi connectivity index (χ0) is 22.2. The molecular weight excluding hydrogens is 374 g/mol. The van der Waals surface area contributed by atoms with Gasteiger partial charge in [0.25, 0.3) is 0 Å². The summed E-state index contributed by atoms with van der Waals surface area (Å²) in [7, 11) is 4.26. The van der Waals surface area contributed by atoms with Crippen LogP contribution in [0.3, 0.4) is 0 Å². The van der Waals surface area contributed by atoms with Crippen molar-refractivity contribution in [2.75, 3.05) is 33.8 Å². The first-order chi connectivity index (χ1) is 13.7. The second-order valence-electron chi connectivity index (χ2n) is 13.4. The summed E-state index contributed by atoms with van der Waals surface area (Å²) < 4.78 is 13.1. The van der Waals surface area contributed by atoms with Crippen molar-refractivity contribution in [3.63, 3.8) is 0 Å². The van der Waals surface area contributed by atoms with Crippen LogP contribution in [0.1, 0.15) is 80.1 Å². The van der Waals surface area contributed by atoms with E-state index in [1.54, 1.807) is 0 Å². The molecule has 0 aromatic rings. The number of fused-ring (bicyclic) bond motifs is 4. The Morgan fingerprint density at radius 2 is 1.70 bits per heavy atom. The maximum Gasteiger partial charge on any atom is 0.362 e. The Morgan fingerprint density at radius 3 is 2.20 bits per heavy atom. The highest BCUT2D eigenvalue weighted by molar-refractivity contribution is 5.71. The Hall–Kier alpha value is -0.610. The van der Waals surface area contributed by atoms with E-state index >= 15 is 0 Å². The zero-order valence-corrected chi connectivity index (χ0v) is 20.8. The fraction of sp³-hybridized carbons (Fsp3) is 0.962. The molecule has 0 aromatic carbocycles. The Bertz CT molecular complexity index is 696. The van der Waals surface area contributed by atoms with Gasteiger partial charge < -0.3 is 14.0 Å².